The van der Waals surface area contributed by atoms with E-state index in [1.165, 1.54) is 12.1 Å². The molecule has 0 aliphatic rings. The van der Waals surface area contributed by atoms with E-state index in [2.05, 4.69) is 0 Å². The summed E-state index contributed by atoms with van der Waals surface area (Å²) in [6.45, 7) is 0. The fourth-order valence-electron chi connectivity index (χ4n) is 3.83. The monoisotopic (exact) mass is 490 g/mol. The third-order valence-electron chi connectivity index (χ3n) is 5.38. The number of hydrogen-bond acceptors (Lipinski definition) is 9. The zero-order valence-electron chi connectivity index (χ0n) is 19.9. The predicted molar refractivity (Wildman–Crippen MR) is 127 cm³/mol. The molecule has 3 aromatic carbocycles. The average Bonchev–Trinajstić information content (AvgIpc) is 2.94. The number of methoxy groups -OCH3 is 4. The highest BCUT2D eigenvalue weighted by Crippen LogP contribution is 2.39. The molecule has 9 heteroatoms. The second-order valence-electron chi connectivity index (χ2n) is 7.28. The first-order chi connectivity index (χ1) is 17.3. The number of carbonyl (C=O) groups excluding carboxylic acids is 5. The molecular formula is C27H22O9. The smallest absolute Gasteiger partial charge is 0.339 e. The van der Waals surface area contributed by atoms with Crippen molar-refractivity contribution in [1.82, 2.24) is 0 Å². The molecular weight excluding hydrogens is 468 g/mol. The zero-order chi connectivity index (χ0) is 26.4. The predicted octanol–water partition coefficient (Wildman–Crippen LogP) is 3.73. The van der Waals surface area contributed by atoms with Crippen molar-refractivity contribution in [2.24, 2.45) is 0 Å². The molecule has 0 saturated carbocycles. The molecule has 0 spiro atoms. The molecule has 0 aliphatic heterocycles. The first-order valence-corrected chi connectivity index (χ1v) is 10.5. The molecule has 0 bridgehead atoms. The minimum Gasteiger partial charge on any atom is -0.465 e. The Labute approximate surface area is 206 Å². The van der Waals surface area contributed by atoms with Crippen molar-refractivity contribution in [2.45, 2.75) is 0 Å². The third-order valence-corrected chi connectivity index (χ3v) is 5.38. The highest BCUT2D eigenvalue weighted by atomic mass is 16.5. The maximum atomic E-state index is 13.9. The summed E-state index contributed by atoms with van der Waals surface area (Å²) in [5.74, 6) is -5.15. The van der Waals surface area contributed by atoms with E-state index < -0.39 is 51.9 Å². The number of esters is 4. The van der Waals surface area contributed by atoms with E-state index in [9.17, 15) is 24.0 Å². The third kappa shape index (κ3) is 4.58. The van der Waals surface area contributed by atoms with Crippen molar-refractivity contribution in [1.29, 1.82) is 0 Å². The van der Waals surface area contributed by atoms with Crippen molar-refractivity contribution < 1.29 is 42.9 Å². The van der Waals surface area contributed by atoms with E-state index >= 15 is 0 Å². The summed E-state index contributed by atoms with van der Waals surface area (Å²) in [7, 11) is 4.18. The molecule has 0 unspecified atom stereocenters. The Hall–Kier alpha value is -4.79. The van der Waals surface area contributed by atoms with Crippen molar-refractivity contribution in [3.8, 4) is 11.1 Å². The molecule has 0 radical (unpaired) electrons. The molecule has 0 N–H and O–H groups in total. The number of ether oxygens (including phenoxy) is 4. The lowest BCUT2D eigenvalue weighted by Gasteiger charge is -2.22. The number of ketones is 1. The van der Waals surface area contributed by atoms with Crippen molar-refractivity contribution in [3.63, 3.8) is 0 Å². The summed E-state index contributed by atoms with van der Waals surface area (Å²) in [4.78, 5) is 66.3. The average molecular weight is 490 g/mol. The van der Waals surface area contributed by atoms with Crippen LogP contribution in [0.4, 0.5) is 0 Å². The van der Waals surface area contributed by atoms with Gasteiger partial charge in [0.2, 0.25) is 0 Å². The maximum Gasteiger partial charge on any atom is 0.339 e. The summed E-state index contributed by atoms with van der Waals surface area (Å²) in [5.41, 5.74) is -2.25. The van der Waals surface area contributed by atoms with Gasteiger partial charge in [0.1, 0.15) is 0 Å². The van der Waals surface area contributed by atoms with Gasteiger partial charge in [-0.05, 0) is 5.56 Å². The van der Waals surface area contributed by atoms with Crippen molar-refractivity contribution in [2.75, 3.05) is 28.4 Å². The molecule has 3 rings (SSSR count). The Morgan fingerprint density at radius 3 is 1.28 bits per heavy atom. The first-order valence-electron chi connectivity index (χ1n) is 10.5. The lowest BCUT2D eigenvalue weighted by atomic mass is 9.80. The summed E-state index contributed by atoms with van der Waals surface area (Å²) in [5, 5.41) is 0. The van der Waals surface area contributed by atoms with Crippen LogP contribution < -0.4 is 0 Å². The van der Waals surface area contributed by atoms with E-state index in [0.29, 0.717) is 5.56 Å². The Kier molecular flexibility index (Phi) is 7.96. The van der Waals surface area contributed by atoms with Crippen LogP contribution in [0.2, 0.25) is 0 Å². The molecule has 0 fully saturated rings. The van der Waals surface area contributed by atoms with Crippen LogP contribution in [0.25, 0.3) is 11.1 Å². The van der Waals surface area contributed by atoms with Crippen LogP contribution >= 0.6 is 0 Å². The van der Waals surface area contributed by atoms with Crippen molar-refractivity contribution in [3.05, 3.63) is 94.0 Å². The van der Waals surface area contributed by atoms with E-state index in [1.54, 1.807) is 48.5 Å². The maximum absolute atomic E-state index is 13.9. The van der Waals surface area contributed by atoms with Gasteiger partial charge in [-0.15, -0.1) is 0 Å². The van der Waals surface area contributed by atoms with Crippen LogP contribution in [0.1, 0.15) is 57.4 Å². The van der Waals surface area contributed by atoms with Crippen LogP contribution in [0.15, 0.2) is 60.7 Å². The van der Waals surface area contributed by atoms with Gasteiger partial charge in [-0.1, -0.05) is 60.7 Å². The molecule has 0 aromatic heterocycles. The van der Waals surface area contributed by atoms with E-state index in [1.807, 2.05) is 0 Å². The summed E-state index contributed by atoms with van der Waals surface area (Å²) in [6.07, 6.45) is 0. The van der Waals surface area contributed by atoms with Gasteiger partial charge in [0, 0.05) is 16.7 Å². The lowest BCUT2D eigenvalue weighted by molar-refractivity contribution is 0.0521. The number of hydrogen-bond donors (Lipinski definition) is 0. The van der Waals surface area contributed by atoms with Crippen LogP contribution in [0.5, 0.6) is 0 Å². The second-order valence-corrected chi connectivity index (χ2v) is 7.28. The van der Waals surface area contributed by atoms with Gasteiger partial charge < -0.3 is 18.9 Å². The number of benzene rings is 3. The Morgan fingerprint density at radius 2 is 0.833 bits per heavy atom. The first kappa shape index (κ1) is 25.8. The highest BCUT2D eigenvalue weighted by molar-refractivity contribution is 6.26. The standard InChI is InChI=1S/C27H22O9/c1-33-24(29)19-17(15-11-7-5-8-12-15)18(23(28)16-13-9-6-10-14-16)20(25(30)34-2)22(27(32)36-4)21(19)26(31)35-3/h5-14H,1-4H3. The van der Waals surface area contributed by atoms with E-state index in [-0.39, 0.29) is 16.7 Å². The Balaban J connectivity index is 2.74. The number of carbonyl (C=O) groups is 5. The van der Waals surface area contributed by atoms with Crippen molar-refractivity contribution >= 4 is 29.7 Å². The molecule has 0 heterocycles. The topological polar surface area (TPSA) is 122 Å². The van der Waals surface area contributed by atoms with Gasteiger partial charge >= 0.3 is 23.9 Å². The Bertz CT molecular complexity index is 1340. The fourth-order valence-corrected chi connectivity index (χ4v) is 3.83. The van der Waals surface area contributed by atoms with Crippen LogP contribution in [-0.4, -0.2) is 58.1 Å². The summed E-state index contributed by atoms with van der Waals surface area (Å²) in [6, 6.07) is 16.0. The molecule has 9 nitrogen and oxygen atoms in total. The second kappa shape index (κ2) is 11.1. The zero-order valence-corrected chi connectivity index (χ0v) is 19.9. The van der Waals surface area contributed by atoms with E-state index in [4.69, 9.17) is 18.9 Å². The van der Waals surface area contributed by atoms with Gasteiger partial charge in [0.05, 0.1) is 50.7 Å². The van der Waals surface area contributed by atoms with Crippen LogP contribution in [-0.2, 0) is 18.9 Å². The van der Waals surface area contributed by atoms with E-state index in [0.717, 1.165) is 28.4 Å². The molecule has 0 saturated heterocycles. The quantitative estimate of drug-likeness (QED) is 0.277. The molecule has 0 amide bonds. The Morgan fingerprint density at radius 1 is 0.472 bits per heavy atom. The van der Waals surface area contributed by atoms with Gasteiger partial charge in [-0.2, -0.15) is 0 Å². The van der Waals surface area contributed by atoms with Gasteiger partial charge in [0.15, 0.2) is 5.78 Å². The van der Waals surface area contributed by atoms with Crippen LogP contribution in [0, 0.1) is 0 Å². The molecule has 0 atom stereocenters. The minimum absolute atomic E-state index is 0.107. The highest BCUT2D eigenvalue weighted by Gasteiger charge is 2.40. The van der Waals surface area contributed by atoms with Gasteiger partial charge in [-0.25, -0.2) is 19.2 Å². The fraction of sp³-hybridized carbons (Fsp3) is 0.148. The normalized spacial score (nSPS) is 10.2. The minimum atomic E-state index is -1.16. The SMILES string of the molecule is COC(=O)c1c(C(=O)OC)c(C(=O)OC)c(-c2ccccc2)c(C(=O)c2ccccc2)c1C(=O)OC. The molecule has 184 valence electrons. The van der Waals surface area contributed by atoms with Gasteiger partial charge in [-0.3, -0.25) is 4.79 Å². The molecule has 36 heavy (non-hydrogen) atoms. The number of rotatable bonds is 7. The summed E-state index contributed by atoms with van der Waals surface area (Å²) < 4.78 is 19.6. The summed E-state index contributed by atoms with van der Waals surface area (Å²) >= 11 is 0. The largest absolute Gasteiger partial charge is 0.465 e. The molecule has 3 aromatic rings. The van der Waals surface area contributed by atoms with Gasteiger partial charge in [0.25, 0.3) is 0 Å². The van der Waals surface area contributed by atoms with Crippen LogP contribution in [0.3, 0.4) is 0 Å². The lowest BCUT2D eigenvalue weighted by Crippen LogP contribution is -2.27. The molecule has 0 aliphatic carbocycles.